The minimum atomic E-state index is -0.683. The Kier molecular flexibility index (Phi) is 8.28. The molecule has 2 aliphatic heterocycles. The van der Waals surface area contributed by atoms with Crippen LogP contribution in [0.3, 0.4) is 0 Å². The molecule has 2 aliphatic rings. The number of rotatable bonds is 9. The number of urea groups is 1. The number of hydrogen-bond donors (Lipinski definition) is 2. The molecule has 0 saturated heterocycles. The molecule has 2 aromatic carbocycles. The third-order valence-corrected chi connectivity index (χ3v) is 6.29. The number of methoxy groups -OCH3 is 1. The largest absolute Gasteiger partial charge is 0.493 e. The maximum atomic E-state index is 13.1. The molecule has 0 bridgehead atoms. The van der Waals surface area contributed by atoms with Crippen molar-refractivity contribution in [1.29, 1.82) is 0 Å². The summed E-state index contributed by atoms with van der Waals surface area (Å²) in [5.74, 6) is 0.664. The summed E-state index contributed by atoms with van der Waals surface area (Å²) in [5.41, 5.74) is 4.17. The van der Waals surface area contributed by atoms with E-state index in [0.29, 0.717) is 48.0 Å². The minimum absolute atomic E-state index is 0.232. The maximum Gasteiger partial charge on any atom is 0.338 e. The number of esters is 1. The van der Waals surface area contributed by atoms with Crippen LogP contribution in [0.5, 0.6) is 11.5 Å². The van der Waals surface area contributed by atoms with Gasteiger partial charge in [-0.3, -0.25) is 4.90 Å². The average molecular weight is 492 g/mol. The average Bonchev–Trinajstić information content (AvgIpc) is 2.90. The summed E-state index contributed by atoms with van der Waals surface area (Å²) in [5, 5.41) is 5.75. The fraction of sp³-hybridized carbons (Fsp3) is 0.357. The van der Waals surface area contributed by atoms with E-state index in [9.17, 15) is 9.59 Å². The van der Waals surface area contributed by atoms with Crippen LogP contribution in [-0.2, 0) is 9.53 Å². The van der Waals surface area contributed by atoms with Crippen molar-refractivity contribution < 1.29 is 23.8 Å². The Morgan fingerprint density at radius 3 is 2.56 bits per heavy atom. The zero-order chi connectivity index (χ0) is 25.5. The van der Waals surface area contributed by atoms with E-state index in [1.165, 1.54) is 11.1 Å². The summed E-state index contributed by atoms with van der Waals surface area (Å²) in [6.45, 7) is 6.34. The number of amides is 2. The van der Waals surface area contributed by atoms with Crippen LogP contribution in [0.15, 0.2) is 65.9 Å². The van der Waals surface area contributed by atoms with Crippen molar-refractivity contribution >= 4 is 17.6 Å². The molecule has 2 amide bonds. The van der Waals surface area contributed by atoms with E-state index in [1.807, 2.05) is 31.2 Å². The van der Waals surface area contributed by atoms with Crippen LogP contribution in [0, 0.1) is 0 Å². The molecule has 190 valence electrons. The molecule has 2 heterocycles. The Morgan fingerprint density at radius 1 is 1.08 bits per heavy atom. The van der Waals surface area contributed by atoms with Gasteiger partial charge in [0, 0.05) is 25.3 Å². The molecule has 0 spiro atoms. The first kappa shape index (κ1) is 25.3. The molecule has 36 heavy (non-hydrogen) atoms. The van der Waals surface area contributed by atoms with Gasteiger partial charge in [-0.15, -0.1) is 0 Å². The lowest BCUT2D eigenvalue weighted by molar-refractivity contribution is -0.139. The smallest absolute Gasteiger partial charge is 0.338 e. The van der Waals surface area contributed by atoms with Crippen molar-refractivity contribution in [1.82, 2.24) is 15.5 Å². The number of nitrogens with zero attached hydrogens (tertiary/aromatic N) is 1. The van der Waals surface area contributed by atoms with Crippen molar-refractivity contribution in [2.24, 2.45) is 0 Å². The number of ether oxygens (including phenoxy) is 3. The lowest BCUT2D eigenvalue weighted by atomic mass is 9.94. The SMILES string of the molecule is CCOC(=O)C1=C(CN2CC=C(c3ccccc3)CC2)NC(=O)N[C@@H]1c1ccc(OCC)c(OC)c1. The number of carbonyl (C=O) groups excluding carboxylic acids is 2. The number of carbonyl (C=O) groups is 2. The first-order chi connectivity index (χ1) is 17.5. The van der Waals surface area contributed by atoms with Crippen LogP contribution in [0.2, 0.25) is 0 Å². The van der Waals surface area contributed by atoms with Gasteiger partial charge in [0.1, 0.15) is 0 Å². The van der Waals surface area contributed by atoms with Crippen LogP contribution in [0.1, 0.15) is 37.4 Å². The van der Waals surface area contributed by atoms with Crippen molar-refractivity contribution in [2.45, 2.75) is 26.3 Å². The van der Waals surface area contributed by atoms with Crippen LogP contribution >= 0.6 is 0 Å². The molecule has 2 aromatic rings. The molecule has 0 radical (unpaired) electrons. The maximum absolute atomic E-state index is 13.1. The Labute approximate surface area is 211 Å². The Morgan fingerprint density at radius 2 is 1.89 bits per heavy atom. The van der Waals surface area contributed by atoms with Crippen molar-refractivity contribution in [3.8, 4) is 11.5 Å². The molecule has 2 N–H and O–H groups in total. The van der Waals surface area contributed by atoms with Crippen molar-refractivity contribution in [3.05, 3.63) is 77.0 Å². The van der Waals surface area contributed by atoms with Gasteiger partial charge in [0.25, 0.3) is 0 Å². The van der Waals surface area contributed by atoms with E-state index in [4.69, 9.17) is 14.2 Å². The third kappa shape index (κ3) is 5.71. The van der Waals surface area contributed by atoms with Gasteiger partial charge in [0.2, 0.25) is 0 Å². The van der Waals surface area contributed by atoms with Gasteiger partial charge in [-0.1, -0.05) is 42.5 Å². The Bertz CT molecular complexity index is 1160. The van der Waals surface area contributed by atoms with Gasteiger partial charge in [0.05, 0.1) is 31.9 Å². The van der Waals surface area contributed by atoms with Gasteiger partial charge in [0.15, 0.2) is 11.5 Å². The van der Waals surface area contributed by atoms with Crippen molar-refractivity contribution in [3.63, 3.8) is 0 Å². The van der Waals surface area contributed by atoms with Gasteiger partial charge >= 0.3 is 12.0 Å². The molecule has 0 saturated carbocycles. The number of hydrogen-bond acceptors (Lipinski definition) is 6. The zero-order valence-corrected chi connectivity index (χ0v) is 21.0. The molecule has 8 nitrogen and oxygen atoms in total. The van der Waals surface area contributed by atoms with Gasteiger partial charge < -0.3 is 24.8 Å². The molecule has 0 unspecified atom stereocenters. The summed E-state index contributed by atoms with van der Waals surface area (Å²) in [6.07, 6.45) is 3.10. The van der Waals surface area contributed by atoms with E-state index in [0.717, 1.165) is 13.0 Å². The lowest BCUT2D eigenvalue weighted by Gasteiger charge is -2.33. The molecule has 4 rings (SSSR count). The minimum Gasteiger partial charge on any atom is -0.493 e. The zero-order valence-electron chi connectivity index (χ0n) is 21.0. The van der Waals surface area contributed by atoms with Gasteiger partial charge in [-0.2, -0.15) is 0 Å². The van der Waals surface area contributed by atoms with Crippen LogP contribution in [0.4, 0.5) is 4.79 Å². The highest BCUT2D eigenvalue weighted by Gasteiger charge is 2.35. The highest BCUT2D eigenvalue weighted by molar-refractivity contribution is 5.95. The summed E-state index contributed by atoms with van der Waals surface area (Å²) in [6, 6.07) is 14.7. The molecule has 0 fully saturated rings. The summed E-state index contributed by atoms with van der Waals surface area (Å²) in [4.78, 5) is 28.0. The monoisotopic (exact) mass is 491 g/mol. The highest BCUT2D eigenvalue weighted by atomic mass is 16.5. The molecule has 0 aromatic heterocycles. The molecular formula is C28H33N3O5. The second-order valence-electron chi connectivity index (χ2n) is 8.57. The third-order valence-electron chi connectivity index (χ3n) is 6.29. The summed E-state index contributed by atoms with van der Waals surface area (Å²) < 4.78 is 16.5. The molecular weight excluding hydrogens is 458 g/mol. The predicted molar refractivity (Wildman–Crippen MR) is 138 cm³/mol. The molecule has 1 atom stereocenters. The number of nitrogens with one attached hydrogen (secondary N) is 2. The Hall–Kier alpha value is -3.78. The van der Waals surface area contributed by atoms with Crippen molar-refractivity contribution in [2.75, 3.05) is 40.0 Å². The second-order valence-corrected chi connectivity index (χ2v) is 8.57. The van der Waals surface area contributed by atoms with Gasteiger partial charge in [-0.05, 0) is 49.1 Å². The summed E-state index contributed by atoms with van der Waals surface area (Å²) >= 11 is 0. The highest BCUT2D eigenvalue weighted by Crippen LogP contribution is 2.35. The fourth-order valence-electron chi connectivity index (χ4n) is 4.57. The van der Waals surface area contributed by atoms with E-state index in [2.05, 4.69) is 33.7 Å². The standard InChI is InChI=1S/C28H33N3O5/c1-4-35-23-12-11-21(17-24(23)34-3)26-25(27(32)36-5-2)22(29-28(33)30-26)18-31-15-13-20(14-16-31)19-9-7-6-8-10-19/h6-13,17,26H,4-5,14-16,18H2,1-3H3,(H2,29,30,33)/t26-/m1/s1. The lowest BCUT2D eigenvalue weighted by Crippen LogP contribution is -2.48. The first-order valence-corrected chi connectivity index (χ1v) is 12.3. The molecule has 8 heteroatoms. The van der Waals surface area contributed by atoms with E-state index < -0.39 is 12.0 Å². The normalized spacial score (nSPS) is 18.1. The van der Waals surface area contributed by atoms with E-state index in [1.54, 1.807) is 26.2 Å². The van der Waals surface area contributed by atoms with Crippen LogP contribution in [-0.4, -0.2) is 56.9 Å². The van der Waals surface area contributed by atoms with Crippen LogP contribution < -0.4 is 20.1 Å². The molecule has 0 aliphatic carbocycles. The number of benzene rings is 2. The second kappa shape index (κ2) is 11.8. The van der Waals surface area contributed by atoms with Crippen LogP contribution in [0.25, 0.3) is 5.57 Å². The fourth-order valence-corrected chi connectivity index (χ4v) is 4.57. The quantitative estimate of drug-likeness (QED) is 0.515. The van der Waals surface area contributed by atoms with Gasteiger partial charge in [-0.25, -0.2) is 9.59 Å². The first-order valence-electron chi connectivity index (χ1n) is 12.3. The topological polar surface area (TPSA) is 89.1 Å². The van der Waals surface area contributed by atoms with E-state index in [-0.39, 0.29) is 12.6 Å². The Balaban J connectivity index is 1.64. The summed E-state index contributed by atoms with van der Waals surface area (Å²) in [7, 11) is 1.56. The van der Waals surface area contributed by atoms with E-state index >= 15 is 0 Å². The predicted octanol–water partition coefficient (Wildman–Crippen LogP) is 4.05.